The van der Waals surface area contributed by atoms with Gasteiger partial charge in [-0.2, -0.15) is 5.10 Å². The smallest absolute Gasteiger partial charge is 0.218 e. The Hall–Kier alpha value is -3.46. The summed E-state index contributed by atoms with van der Waals surface area (Å²) in [7, 11) is 0. The fraction of sp³-hybridized carbons (Fsp3) is 0.333. The van der Waals surface area contributed by atoms with Gasteiger partial charge in [-0.25, -0.2) is 0 Å². The van der Waals surface area contributed by atoms with Gasteiger partial charge < -0.3 is 14.5 Å². The van der Waals surface area contributed by atoms with Crippen LogP contribution in [-0.2, 0) is 22.7 Å². The number of carbonyl (C=O) groups is 2. The molecule has 3 heterocycles. The third kappa shape index (κ3) is 3.84. The number of aromatic nitrogens is 3. The standard InChI is InChI=1S/C21H23N5O4/c1-14-18(15(2)30-23-14)10-25-9-17(7-22-25)26-13-24(11-19(26)21(29)12-27)8-16-5-3-4-6-20(16)28/h3-7,9,12,19,28H,8,10-11,13H2,1-2H3. The second-order valence-electron chi connectivity index (χ2n) is 7.49. The molecule has 1 aliphatic rings. The first kappa shape index (κ1) is 19.8. The first-order chi connectivity index (χ1) is 14.5. The molecule has 1 fully saturated rings. The predicted molar refractivity (Wildman–Crippen MR) is 108 cm³/mol. The highest BCUT2D eigenvalue weighted by Gasteiger charge is 2.36. The van der Waals surface area contributed by atoms with Crippen molar-refractivity contribution in [2.24, 2.45) is 0 Å². The third-order valence-electron chi connectivity index (χ3n) is 5.44. The summed E-state index contributed by atoms with van der Waals surface area (Å²) < 4.78 is 6.97. The van der Waals surface area contributed by atoms with E-state index in [1.807, 2.05) is 42.0 Å². The van der Waals surface area contributed by atoms with E-state index in [0.717, 1.165) is 28.3 Å². The number of hydrogen-bond donors (Lipinski definition) is 1. The molecule has 1 atom stereocenters. The Morgan fingerprint density at radius 3 is 2.80 bits per heavy atom. The zero-order valence-corrected chi connectivity index (χ0v) is 16.9. The first-order valence-electron chi connectivity index (χ1n) is 9.65. The highest BCUT2D eigenvalue weighted by atomic mass is 16.5. The van der Waals surface area contributed by atoms with E-state index in [0.29, 0.717) is 32.6 Å². The first-order valence-corrected chi connectivity index (χ1v) is 9.65. The van der Waals surface area contributed by atoms with Gasteiger partial charge >= 0.3 is 0 Å². The summed E-state index contributed by atoms with van der Waals surface area (Å²) >= 11 is 0. The number of Topliss-reactive ketones (excluding diaryl/α,β-unsaturated/α-hetero) is 1. The molecule has 0 bridgehead atoms. The summed E-state index contributed by atoms with van der Waals surface area (Å²) in [6, 6.07) is 6.51. The number of rotatable bonds is 7. The van der Waals surface area contributed by atoms with Gasteiger partial charge in [0.05, 0.1) is 30.8 Å². The minimum absolute atomic E-state index is 0.210. The second-order valence-corrected chi connectivity index (χ2v) is 7.49. The molecule has 1 N–H and O–H groups in total. The third-order valence-corrected chi connectivity index (χ3v) is 5.44. The Morgan fingerprint density at radius 2 is 2.10 bits per heavy atom. The molecule has 0 saturated carbocycles. The number of para-hydroxylation sites is 1. The number of aromatic hydroxyl groups is 1. The Kier molecular flexibility index (Phi) is 5.37. The fourth-order valence-corrected chi connectivity index (χ4v) is 3.78. The summed E-state index contributed by atoms with van der Waals surface area (Å²) in [6.07, 6.45) is 3.91. The van der Waals surface area contributed by atoms with Gasteiger partial charge in [-0.05, 0) is 19.9 Å². The van der Waals surface area contributed by atoms with Crippen molar-refractivity contribution in [3.63, 3.8) is 0 Å². The van der Waals surface area contributed by atoms with Crippen LogP contribution in [0.3, 0.4) is 0 Å². The van der Waals surface area contributed by atoms with Crippen molar-refractivity contribution in [3.05, 3.63) is 59.2 Å². The summed E-state index contributed by atoms with van der Waals surface area (Å²) in [4.78, 5) is 27.4. The maximum absolute atomic E-state index is 12.3. The summed E-state index contributed by atoms with van der Waals surface area (Å²) in [5.74, 6) is 0.475. The Labute approximate surface area is 173 Å². The highest BCUT2D eigenvalue weighted by molar-refractivity contribution is 6.28. The van der Waals surface area contributed by atoms with Gasteiger partial charge in [0.1, 0.15) is 17.6 Å². The molecule has 3 aromatic rings. The van der Waals surface area contributed by atoms with E-state index in [1.165, 1.54) is 0 Å². The van der Waals surface area contributed by atoms with Crippen LogP contribution >= 0.6 is 0 Å². The monoisotopic (exact) mass is 409 g/mol. The molecule has 0 radical (unpaired) electrons. The number of benzene rings is 1. The molecule has 4 rings (SSSR count). The van der Waals surface area contributed by atoms with Crippen LogP contribution in [0.25, 0.3) is 0 Å². The molecule has 0 aliphatic carbocycles. The molecule has 1 aliphatic heterocycles. The number of aldehydes is 1. The number of anilines is 1. The molecule has 30 heavy (non-hydrogen) atoms. The SMILES string of the molecule is Cc1noc(C)c1Cn1cc(N2CN(Cc3ccccc3O)CC2C(=O)C=O)cn1. The zero-order chi connectivity index (χ0) is 21.3. The lowest BCUT2D eigenvalue weighted by molar-refractivity contribution is -0.130. The molecule has 1 aromatic carbocycles. The molecule has 156 valence electrons. The highest BCUT2D eigenvalue weighted by Crippen LogP contribution is 2.26. The number of nitrogens with zero attached hydrogens (tertiary/aromatic N) is 5. The van der Waals surface area contributed by atoms with Crippen molar-refractivity contribution in [1.29, 1.82) is 0 Å². The average molecular weight is 409 g/mol. The number of phenols is 1. The Balaban J connectivity index is 1.54. The molecule has 9 heteroatoms. The topological polar surface area (TPSA) is 105 Å². The van der Waals surface area contributed by atoms with E-state index >= 15 is 0 Å². The van der Waals surface area contributed by atoms with Crippen molar-refractivity contribution in [2.45, 2.75) is 33.0 Å². The van der Waals surface area contributed by atoms with Crippen LogP contribution in [-0.4, -0.2) is 56.3 Å². The number of ketones is 1. The van der Waals surface area contributed by atoms with E-state index in [2.05, 4.69) is 10.3 Å². The molecule has 2 aromatic heterocycles. The Bertz CT molecular complexity index is 1050. The quantitative estimate of drug-likeness (QED) is 0.464. The molecule has 1 saturated heterocycles. The van der Waals surface area contributed by atoms with Crippen LogP contribution in [0.4, 0.5) is 5.69 Å². The summed E-state index contributed by atoms with van der Waals surface area (Å²) in [5.41, 5.74) is 3.30. The van der Waals surface area contributed by atoms with Gasteiger partial charge in [-0.3, -0.25) is 19.2 Å². The second kappa shape index (κ2) is 8.11. The van der Waals surface area contributed by atoms with Crippen molar-refractivity contribution >= 4 is 17.8 Å². The Morgan fingerprint density at radius 1 is 1.30 bits per heavy atom. The minimum atomic E-state index is -0.593. The van der Waals surface area contributed by atoms with Gasteiger partial charge in [-0.15, -0.1) is 0 Å². The molecule has 1 unspecified atom stereocenters. The average Bonchev–Trinajstić information content (AvgIpc) is 3.45. The van der Waals surface area contributed by atoms with E-state index in [1.54, 1.807) is 23.0 Å². The van der Waals surface area contributed by atoms with Crippen molar-refractivity contribution < 1.29 is 19.2 Å². The van der Waals surface area contributed by atoms with E-state index in [-0.39, 0.29) is 5.75 Å². The summed E-state index contributed by atoms with van der Waals surface area (Å²) in [6.45, 7) is 5.54. The van der Waals surface area contributed by atoms with Gasteiger partial charge in [0.15, 0.2) is 6.29 Å². The van der Waals surface area contributed by atoms with Crippen LogP contribution in [0, 0.1) is 13.8 Å². The van der Waals surface area contributed by atoms with Crippen LogP contribution in [0.15, 0.2) is 41.2 Å². The fourth-order valence-electron chi connectivity index (χ4n) is 3.78. The van der Waals surface area contributed by atoms with E-state index < -0.39 is 11.8 Å². The molecule has 0 amide bonds. The predicted octanol–water partition coefficient (Wildman–Crippen LogP) is 1.66. The van der Waals surface area contributed by atoms with Gasteiger partial charge in [0, 0.05) is 30.4 Å². The maximum Gasteiger partial charge on any atom is 0.218 e. The van der Waals surface area contributed by atoms with E-state index in [4.69, 9.17) is 4.52 Å². The van der Waals surface area contributed by atoms with Crippen LogP contribution < -0.4 is 4.90 Å². The molecule has 9 nitrogen and oxygen atoms in total. The number of carbonyl (C=O) groups excluding carboxylic acids is 2. The van der Waals surface area contributed by atoms with Gasteiger partial charge in [0.25, 0.3) is 0 Å². The number of phenolic OH excluding ortho intramolecular Hbond substituents is 1. The van der Waals surface area contributed by atoms with E-state index in [9.17, 15) is 14.7 Å². The summed E-state index contributed by atoms with van der Waals surface area (Å²) in [5, 5.41) is 18.4. The normalized spacial score (nSPS) is 16.9. The lowest BCUT2D eigenvalue weighted by Gasteiger charge is -2.21. The van der Waals surface area contributed by atoms with Crippen molar-refractivity contribution in [3.8, 4) is 5.75 Å². The maximum atomic E-state index is 12.3. The van der Waals surface area contributed by atoms with Crippen LogP contribution in [0.2, 0.25) is 0 Å². The van der Waals surface area contributed by atoms with Crippen LogP contribution in [0.5, 0.6) is 5.75 Å². The van der Waals surface area contributed by atoms with Crippen LogP contribution in [0.1, 0.15) is 22.6 Å². The molecular formula is C21H23N5O4. The minimum Gasteiger partial charge on any atom is -0.508 e. The lowest BCUT2D eigenvalue weighted by atomic mass is 10.1. The lowest BCUT2D eigenvalue weighted by Crippen LogP contribution is -2.38. The van der Waals surface area contributed by atoms with Gasteiger partial charge in [-0.1, -0.05) is 23.4 Å². The molecule has 0 spiro atoms. The molecular weight excluding hydrogens is 386 g/mol. The van der Waals surface area contributed by atoms with Crippen molar-refractivity contribution in [1.82, 2.24) is 19.8 Å². The largest absolute Gasteiger partial charge is 0.508 e. The zero-order valence-electron chi connectivity index (χ0n) is 16.9. The van der Waals surface area contributed by atoms with Crippen molar-refractivity contribution in [2.75, 3.05) is 18.1 Å². The number of aryl methyl sites for hydroxylation is 2. The number of hydrogen-bond acceptors (Lipinski definition) is 8. The van der Waals surface area contributed by atoms with Gasteiger partial charge in [0.2, 0.25) is 5.78 Å².